The third-order valence-corrected chi connectivity index (χ3v) is 6.03. The van der Waals surface area contributed by atoms with Crippen molar-refractivity contribution >= 4 is 21.6 Å². The van der Waals surface area contributed by atoms with Crippen molar-refractivity contribution in [3.05, 3.63) is 53.9 Å². The van der Waals surface area contributed by atoms with Crippen molar-refractivity contribution in [2.45, 2.75) is 31.7 Å². The van der Waals surface area contributed by atoms with Crippen molar-refractivity contribution in [3.63, 3.8) is 0 Å². The van der Waals surface area contributed by atoms with E-state index in [1.54, 1.807) is 57.4 Å². The zero-order valence-corrected chi connectivity index (χ0v) is 17.8. The Labute approximate surface area is 174 Å². The highest BCUT2D eigenvalue weighted by Crippen LogP contribution is 2.23. The molecule has 1 aromatic heterocycles. The number of benzene rings is 2. The van der Waals surface area contributed by atoms with Gasteiger partial charge in [0, 0.05) is 18.2 Å². The third-order valence-electron chi connectivity index (χ3n) is 4.35. The molecule has 3 aromatic rings. The number of anilines is 1. The Balaban J connectivity index is 1.77. The average Bonchev–Trinajstić information content (AvgIpc) is 3.14. The van der Waals surface area contributed by atoms with Gasteiger partial charge in [0.05, 0.1) is 18.0 Å². The lowest BCUT2D eigenvalue weighted by Gasteiger charge is -2.16. The number of rotatable bonds is 7. The molecular formula is C20H22N4O5S. The van der Waals surface area contributed by atoms with Gasteiger partial charge < -0.3 is 14.6 Å². The second-order valence-electron chi connectivity index (χ2n) is 6.68. The summed E-state index contributed by atoms with van der Waals surface area (Å²) >= 11 is 0. The molecule has 1 amide bonds. The van der Waals surface area contributed by atoms with Crippen LogP contribution in [-0.4, -0.2) is 37.6 Å². The van der Waals surface area contributed by atoms with E-state index < -0.39 is 22.0 Å². The van der Waals surface area contributed by atoms with Gasteiger partial charge in [-0.3, -0.25) is 4.79 Å². The second-order valence-corrected chi connectivity index (χ2v) is 8.36. The fourth-order valence-corrected chi connectivity index (χ4v) is 4.19. The van der Waals surface area contributed by atoms with Crippen molar-refractivity contribution in [1.29, 1.82) is 0 Å². The summed E-state index contributed by atoms with van der Waals surface area (Å²) in [5, 5.41) is 6.48. The molecule has 0 saturated heterocycles. The predicted octanol–water partition coefficient (Wildman–Crippen LogP) is 2.67. The Bertz CT molecular complexity index is 1160. The fourth-order valence-electron chi connectivity index (χ4n) is 2.72. The third kappa shape index (κ3) is 4.84. The summed E-state index contributed by atoms with van der Waals surface area (Å²) in [5.41, 5.74) is 1.54. The molecule has 10 heteroatoms. The number of carbonyl (C=O) groups is 1. The maximum Gasteiger partial charge on any atom is 0.242 e. The molecule has 0 fully saturated rings. The van der Waals surface area contributed by atoms with Crippen LogP contribution in [0.25, 0.3) is 11.4 Å². The molecule has 0 bridgehead atoms. The summed E-state index contributed by atoms with van der Waals surface area (Å²) in [6.07, 6.45) is 0. The minimum atomic E-state index is -3.98. The molecule has 1 heterocycles. The van der Waals surface area contributed by atoms with E-state index in [4.69, 9.17) is 9.26 Å². The van der Waals surface area contributed by atoms with Crippen molar-refractivity contribution in [2.75, 3.05) is 12.4 Å². The average molecular weight is 430 g/mol. The molecule has 0 spiro atoms. The zero-order valence-electron chi connectivity index (χ0n) is 17.0. The molecule has 2 N–H and O–H groups in total. The largest absolute Gasteiger partial charge is 0.497 e. The number of nitrogens with zero attached hydrogens (tertiary/aromatic N) is 2. The van der Waals surface area contributed by atoms with Gasteiger partial charge in [0.25, 0.3) is 0 Å². The van der Waals surface area contributed by atoms with Gasteiger partial charge in [-0.05, 0) is 49.7 Å². The highest BCUT2D eigenvalue weighted by atomic mass is 32.2. The SMILES string of the molecule is COc1ccc(NC(=O)[C@H](C)NS(=O)(=O)c2cc(-c3noc(C)n3)ccc2C)cc1. The van der Waals surface area contributed by atoms with Gasteiger partial charge in [-0.1, -0.05) is 17.3 Å². The number of sulfonamides is 1. The Kier molecular flexibility index (Phi) is 6.18. The van der Waals surface area contributed by atoms with Crippen LogP contribution in [0.5, 0.6) is 5.75 Å². The first-order valence-corrected chi connectivity index (χ1v) is 10.6. The Hall–Kier alpha value is -3.24. The van der Waals surface area contributed by atoms with Crippen LogP contribution in [0, 0.1) is 13.8 Å². The maximum atomic E-state index is 12.9. The Morgan fingerprint density at radius 3 is 2.43 bits per heavy atom. The van der Waals surface area contributed by atoms with Crippen LogP contribution in [0.1, 0.15) is 18.4 Å². The Morgan fingerprint density at radius 1 is 1.13 bits per heavy atom. The summed E-state index contributed by atoms with van der Waals surface area (Å²) in [6, 6.07) is 10.5. The topological polar surface area (TPSA) is 123 Å². The minimum Gasteiger partial charge on any atom is -0.497 e. The van der Waals surface area contributed by atoms with E-state index in [-0.39, 0.29) is 10.7 Å². The van der Waals surface area contributed by atoms with Gasteiger partial charge in [0.2, 0.25) is 27.6 Å². The number of nitrogens with one attached hydrogen (secondary N) is 2. The molecule has 158 valence electrons. The molecule has 0 aliphatic carbocycles. The normalized spacial score (nSPS) is 12.4. The van der Waals surface area contributed by atoms with Gasteiger partial charge in [-0.15, -0.1) is 0 Å². The number of hydrogen-bond acceptors (Lipinski definition) is 7. The number of amides is 1. The highest BCUT2D eigenvalue weighted by Gasteiger charge is 2.24. The Morgan fingerprint density at radius 2 is 1.83 bits per heavy atom. The quantitative estimate of drug-likeness (QED) is 0.591. The van der Waals surface area contributed by atoms with Crippen LogP contribution in [0.3, 0.4) is 0 Å². The van der Waals surface area contributed by atoms with Crippen molar-refractivity contribution < 1.29 is 22.5 Å². The lowest BCUT2D eigenvalue weighted by atomic mass is 10.1. The van der Waals surface area contributed by atoms with Gasteiger partial charge in [0.15, 0.2) is 0 Å². The van der Waals surface area contributed by atoms with E-state index >= 15 is 0 Å². The smallest absolute Gasteiger partial charge is 0.242 e. The standard InChI is InChI=1S/C20H22N4O5S/c1-12-5-6-15(19-21-14(3)29-23-19)11-18(12)30(26,27)24-13(2)20(25)22-16-7-9-17(28-4)10-8-16/h5-11,13,24H,1-4H3,(H,22,25)/t13-/m0/s1. The lowest BCUT2D eigenvalue weighted by molar-refractivity contribution is -0.117. The molecular weight excluding hydrogens is 408 g/mol. The van der Waals surface area contributed by atoms with E-state index in [9.17, 15) is 13.2 Å². The van der Waals surface area contributed by atoms with Crippen LogP contribution in [0.2, 0.25) is 0 Å². The van der Waals surface area contributed by atoms with E-state index in [0.717, 1.165) is 0 Å². The molecule has 1 atom stereocenters. The first-order chi connectivity index (χ1) is 14.2. The summed E-state index contributed by atoms with van der Waals surface area (Å²) in [5.74, 6) is 0.812. The molecule has 0 aliphatic heterocycles. The summed E-state index contributed by atoms with van der Waals surface area (Å²) < 4.78 is 38.3. The first-order valence-electron chi connectivity index (χ1n) is 9.08. The molecule has 2 aromatic carbocycles. The van der Waals surface area contributed by atoms with Gasteiger partial charge >= 0.3 is 0 Å². The predicted molar refractivity (Wildman–Crippen MR) is 111 cm³/mol. The molecule has 0 saturated carbocycles. The van der Waals surface area contributed by atoms with Gasteiger partial charge in [0.1, 0.15) is 5.75 Å². The lowest BCUT2D eigenvalue weighted by Crippen LogP contribution is -2.41. The molecule has 30 heavy (non-hydrogen) atoms. The monoisotopic (exact) mass is 430 g/mol. The number of aryl methyl sites for hydroxylation is 2. The van der Waals surface area contributed by atoms with Crippen molar-refractivity contribution in [2.24, 2.45) is 0 Å². The maximum absolute atomic E-state index is 12.9. The second kappa shape index (κ2) is 8.64. The molecule has 0 aliphatic rings. The van der Waals surface area contributed by atoms with E-state index in [2.05, 4.69) is 20.2 Å². The number of aromatic nitrogens is 2. The molecule has 0 unspecified atom stereocenters. The van der Waals surface area contributed by atoms with Gasteiger partial charge in [-0.2, -0.15) is 9.71 Å². The van der Waals surface area contributed by atoms with Crippen LogP contribution in [0.15, 0.2) is 51.9 Å². The first kappa shape index (κ1) is 21.5. The number of methoxy groups -OCH3 is 1. The number of carbonyl (C=O) groups excluding carboxylic acids is 1. The van der Waals surface area contributed by atoms with E-state index in [1.807, 2.05) is 0 Å². The zero-order chi connectivity index (χ0) is 21.9. The van der Waals surface area contributed by atoms with Crippen molar-refractivity contribution in [3.8, 4) is 17.1 Å². The highest BCUT2D eigenvalue weighted by molar-refractivity contribution is 7.89. The summed E-state index contributed by atoms with van der Waals surface area (Å²) in [4.78, 5) is 16.6. The van der Waals surface area contributed by atoms with Gasteiger partial charge in [-0.25, -0.2) is 8.42 Å². The molecule has 9 nitrogen and oxygen atoms in total. The molecule has 0 radical (unpaired) electrons. The summed E-state index contributed by atoms with van der Waals surface area (Å²) in [7, 11) is -2.44. The van der Waals surface area contributed by atoms with E-state index in [0.29, 0.717) is 28.5 Å². The van der Waals surface area contributed by atoms with Crippen molar-refractivity contribution in [1.82, 2.24) is 14.9 Å². The number of hydrogen-bond donors (Lipinski definition) is 2. The van der Waals surface area contributed by atoms with E-state index in [1.165, 1.54) is 13.0 Å². The van der Waals surface area contributed by atoms with Crippen LogP contribution in [0.4, 0.5) is 5.69 Å². The van der Waals surface area contributed by atoms with Crippen LogP contribution >= 0.6 is 0 Å². The molecule has 3 rings (SSSR count). The van der Waals surface area contributed by atoms with Crippen LogP contribution < -0.4 is 14.8 Å². The number of ether oxygens (including phenoxy) is 1. The summed E-state index contributed by atoms with van der Waals surface area (Å²) in [6.45, 7) is 4.78. The minimum absolute atomic E-state index is 0.0338. The van der Waals surface area contributed by atoms with Crippen LogP contribution in [-0.2, 0) is 14.8 Å². The fraction of sp³-hybridized carbons (Fsp3) is 0.250.